The lowest BCUT2D eigenvalue weighted by Crippen LogP contribution is -2.47. The van der Waals surface area contributed by atoms with Crippen molar-refractivity contribution < 1.29 is 4.79 Å². The van der Waals surface area contributed by atoms with E-state index < -0.39 is 0 Å². The lowest BCUT2D eigenvalue weighted by molar-refractivity contribution is -0.123. The van der Waals surface area contributed by atoms with E-state index in [1.165, 1.54) is 0 Å². The van der Waals surface area contributed by atoms with Crippen LogP contribution in [0.15, 0.2) is 5.38 Å². The van der Waals surface area contributed by atoms with Crippen LogP contribution in [-0.2, 0) is 10.3 Å². The summed E-state index contributed by atoms with van der Waals surface area (Å²) in [5, 5.41) is 9.62. The minimum Gasteiger partial charge on any atom is -0.344 e. The Bertz CT molecular complexity index is 457. The number of amides is 1. The third-order valence-electron chi connectivity index (χ3n) is 3.64. The summed E-state index contributed by atoms with van der Waals surface area (Å²) < 4.78 is 0. The molecule has 1 aromatic rings. The summed E-state index contributed by atoms with van der Waals surface area (Å²) in [5.41, 5.74) is 0.668. The van der Waals surface area contributed by atoms with Gasteiger partial charge in [-0.15, -0.1) is 11.3 Å². The molecule has 0 radical (unpaired) electrons. The summed E-state index contributed by atoms with van der Waals surface area (Å²) in [5.74, 6) is 2.28. The van der Waals surface area contributed by atoms with Crippen LogP contribution in [0.25, 0.3) is 0 Å². The third kappa shape index (κ3) is 3.96. The van der Waals surface area contributed by atoms with Gasteiger partial charge in [-0.1, -0.05) is 6.92 Å². The number of nitrogens with one attached hydrogen (secondary N) is 2. The number of thioether (sulfide) groups is 1. The van der Waals surface area contributed by atoms with Crippen LogP contribution in [0.3, 0.4) is 0 Å². The molecule has 1 aromatic heterocycles. The molecule has 2 atom stereocenters. The van der Waals surface area contributed by atoms with Gasteiger partial charge in [0.1, 0.15) is 5.01 Å². The highest BCUT2D eigenvalue weighted by Crippen LogP contribution is 2.27. The summed E-state index contributed by atoms with van der Waals surface area (Å²) in [4.78, 5) is 16.8. The molecule has 2 rings (SSSR count). The zero-order valence-corrected chi connectivity index (χ0v) is 14.0. The molecule has 1 aliphatic heterocycles. The second-order valence-electron chi connectivity index (χ2n) is 5.46. The van der Waals surface area contributed by atoms with Crippen LogP contribution < -0.4 is 10.6 Å². The first-order chi connectivity index (χ1) is 9.53. The van der Waals surface area contributed by atoms with E-state index in [1.54, 1.807) is 11.3 Å². The van der Waals surface area contributed by atoms with Crippen molar-refractivity contribution in [1.29, 1.82) is 0 Å². The van der Waals surface area contributed by atoms with Crippen molar-refractivity contribution >= 4 is 29.0 Å². The summed E-state index contributed by atoms with van der Waals surface area (Å²) >= 11 is 3.54. The van der Waals surface area contributed by atoms with Gasteiger partial charge in [-0.3, -0.25) is 4.79 Å². The number of aryl methyl sites for hydroxylation is 1. The highest BCUT2D eigenvalue weighted by Gasteiger charge is 2.30. The number of aromatic nitrogens is 1. The summed E-state index contributed by atoms with van der Waals surface area (Å²) in [6.07, 6.45) is 1.39. The van der Waals surface area contributed by atoms with Crippen molar-refractivity contribution in [3.63, 3.8) is 0 Å². The van der Waals surface area contributed by atoms with E-state index in [2.05, 4.69) is 29.5 Å². The Balaban J connectivity index is 1.96. The molecule has 0 saturated carbocycles. The quantitative estimate of drug-likeness (QED) is 0.876. The first-order valence-corrected chi connectivity index (χ1v) is 9.11. The predicted molar refractivity (Wildman–Crippen MR) is 86.4 cm³/mol. The van der Waals surface area contributed by atoms with E-state index in [0.717, 1.165) is 35.2 Å². The molecule has 1 fully saturated rings. The van der Waals surface area contributed by atoms with Crippen molar-refractivity contribution in [3.8, 4) is 0 Å². The van der Waals surface area contributed by atoms with Crippen LogP contribution >= 0.6 is 23.1 Å². The lowest BCUT2D eigenvalue weighted by Gasteiger charge is -2.29. The van der Waals surface area contributed by atoms with Gasteiger partial charge < -0.3 is 10.6 Å². The normalized spacial score (nSPS) is 22.2. The number of carbonyl (C=O) groups excluding carboxylic acids is 1. The van der Waals surface area contributed by atoms with Crippen molar-refractivity contribution in [2.75, 3.05) is 18.1 Å². The van der Waals surface area contributed by atoms with Crippen molar-refractivity contribution in [3.05, 3.63) is 16.1 Å². The second kappa shape index (κ2) is 6.91. The highest BCUT2D eigenvalue weighted by molar-refractivity contribution is 7.99. The Morgan fingerprint density at radius 3 is 3.00 bits per heavy atom. The highest BCUT2D eigenvalue weighted by atomic mass is 32.2. The molecule has 112 valence electrons. The minimum atomic E-state index is -0.349. The second-order valence-corrected chi connectivity index (χ2v) is 7.47. The van der Waals surface area contributed by atoms with E-state index in [1.807, 2.05) is 24.1 Å². The SMILES string of the molecule is CCC(C)(NC(=O)CC1CSCCN1)c1nc(C)cs1. The Morgan fingerprint density at radius 1 is 1.65 bits per heavy atom. The van der Waals surface area contributed by atoms with Crippen LogP contribution in [-0.4, -0.2) is 35.0 Å². The molecular formula is C14H23N3OS2. The Kier molecular flexibility index (Phi) is 5.46. The zero-order valence-electron chi connectivity index (χ0n) is 12.4. The van der Waals surface area contributed by atoms with Crippen LogP contribution in [0, 0.1) is 6.92 Å². The fourth-order valence-electron chi connectivity index (χ4n) is 2.23. The van der Waals surface area contributed by atoms with Crippen LogP contribution in [0.1, 0.15) is 37.4 Å². The average molecular weight is 313 g/mol. The molecule has 1 saturated heterocycles. The summed E-state index contributed by atoms with van der Waals surface area (Å²) in [7, 11) is 0. The van der Waals surface area contributed by atoms with Crippen molar-refractivity contribution in [2.24, 2.45) is 0 Å². The maximum absolute atomic E-state index is 12.3. The molecule has 2 unspecified atom stereocenters. The van der Waals surface area contributed by atoms with Crippen molar-refractivity contribution in [1.82, 2.24) is 15.6 Å². The van der Waals surface area contributed by atoms with E-state index in [-0.39, 0.29) is 11.4 Å². The van der Waals surface area contributed by atoms with Crippen LogP contribution in [0.2, 0.25) is 0 Å². The number of rotatable bonds is 5. The molecule has 2 heterocycles. The Labute approximate surface area is 129 Å². The van der Waals surface area contributed by atoms with Gasteiger partial charge in [0.15, 0.2) is 0 Å². The molecule has 0 aliphatic carbocycles. The molecule has 6 heteroatoms. The molecular weight excluding hydrogens is 290 g/mol. The van der Waals surface area contributed by atoms with Gasteiger partial charge in [0.05, 0.1) is 5.54 Å². The smallest absolute Gasteiger partial charge is 0.222 e. The van der Waals surface area contributed by atoms with Gasteiger partial charge in [0.25, 0.3) is 0 Å². The molecule has 1 aliphatic rings. The van der Waals surface area contributed by atoms with Gasteiger partial charge in [0, 0.05) is 41.6 Å². The fourth-order valence-corrected chi connectivity index (χ4v) is 4.17. The molecule has 0 aromatic carbocycles. The number of nitrogens with zero attached hydrogens (tertiary/aromatic N) is 1. The Hall–Kier alpha value is -0.590. The maximum Gasteiger partial charge on any atom is 0.222 e. The van der Waals surface area contributed by atoms with E-state index in [9.17, 15) is 4.79 Å². The van der Waals surface area contributed by atoms with Gasteiger partial charge in [-0.25, -0.2) is 4.98 Å². The van der Waals surface area contributed by atoms with Gasteiger partial charge in [-0.05, 0) is 20.3 Å². The van der Waals surface area contributed by atoms with Gasteiger partial charge in [-0.2, -0.15) is 11.8 Å². The zero-order chi connectivity index (χ0) is 14.6. The van der Waals surface area contributed by atoms with Gasteiger partial charge in [0.2, 0.25) is 5.91 Å². The molecule has 2 N–H and O–H groups in total. The maximum atomic E-state index is 12.3. The van der Waals surface area contributed by atoms with Crippen LogP contribution in [0.4, 0.5) is 0 Å². The van der Waals surface area contributed by atoms with E-state index in [4.69, 9.17) is 0 Å². The molecule has 0 spiro atoms. The molecule has 0 bridgehead atoms. The Morgan fingerprint density at radius 2 is 2.45 bits per heavy atom. The number of thiazole rings is 1. The minimum absolute atomic E-state index is 0.113. The number of hydrogen-bond donors (Lipinski definition) is 2. The molecule has 4 nitrogen and oxygen atoms in total. The van der Waals surface area contributed by atoms with E-state index in [0.29, 0.717) is 12.5 Å². The largest absolute Gasteiger partial charge is 0.344 e. The first-order valence-electron chi connectivity index (χ1n) is 7.08. The average Bonchev–Trinajstić information content (AvgIpc) is 2.87. The van der Waals surface area contributed by atoms with E-state index >= 15 is 0 Å². The van der Waals surface area contributed by atoms with Crippen molar-refractivity contribution in [2.45, 2.75) is 45.2 Å². The lowest BCUT2D eigenvalue weighted by atomic mass is 9.99. The third-order valence-corrected chi connectivity index (χ3v) is 6.00. The topological polar surface area (TPSA) is 54.0 Å². The molecule has 20 heavy (non-hydrogen) atoms. The monoisotopic (exact) mass is 313 g/mol. The van der Waals surface area contributed by atoms with Gasteiger partial charge >= 0.3 is 0 Å². The molecule has 1 amide bonds. The predicted octanol–water partition coefficient (Wildman–Crippen LogP) is 2.29. The summed E-state index contributed by atoms with van der Waals surface area (Å²) in [6.45, 7) is 7.14. The number of carbonyl (C=O) groups is 1. The standard InChI is InChI=1S/C14H23N3OS2/c1-4-14(3,13-16-10(2)8-20-13)17-12(18)7-11-9-19-6-5-15-11/h8,11,15H,4-7,9H2,1-3H3,(H,17,18). The fraction of sp³-hybridized carbons (Fsp3) is 0.714. The number of hydrogen-bond acceptors (Lipinski definition) is 5. The first kappa shape index (κ1) is 15.8. The van der Waals surface area contributed by atoms with Crippen LogP contribution in [0.5, 0.6) is 0 Å². The summed E-state index contributed by atoms with van der Waals surface area (Å²) in [6, 6.07) is 0.299.